The topological polar surface area (TPSA) is 39.3 Å². The molecular formula is C9H11N3O. The summed E-state index contributed by atoms with van der Waals surface area (Å²) in [6.07, 6.45) is 5.17. The number of rotatable bonds is 1. The van der Waals surface area contributed by atoms with Crippen molar-refractivity contribution in [2.75, 3.05) is 0 Å². The van der Waals surface area contributed by atoms with Gasteiger partial charge >= 0.3 is 0 Å². The lowest BCUT2D eigenvalue weighted by Crippen LogP contribution is -2.22. The van der Waals surface area contributed by atoms with Gasteiger partial charge in [0.15, 0.2) is 0 Å². The van der Waals surface area contributed by atoms with Crippen molar-refractivity contribution in [3.8, 4) is 0 Å². The van der Waals surface area contributed by atoms with Crippen molar-refractivity contribution < 1.29 is 0 Å². The van der Waals surface area contributed by atoms with E-state index in [9.17, 15) is 4.79 Å². The van der Waals surface area contributed by atoms with Crippen molar-refractivity contribution in [1.29, 1.82) is 0 Å². The van der Waals surface area contributed by atoms with Gasteiger partial charge in [-0.05, 0) is 19.9 Å². The van der Waals surface area contributed by atoms with E-state index in [-0.39, 0.29) is 11.6 Å². The summed E-state index contributed by atoms with van der Waals surface area (Å²) in [5.74, 6) is 0. The second kappa shape index (κ2) is 2.73. The molecule has 0 amide bonds. The average Bonchev–Trinajstić information content (AvgIpc) is 2.52. The molecule has 0 spiro atoms. The Morgan fingerprint density at radius 3 is 2.85 bits per heavy atom. The van der Waals surface area contributed by atoms with Gasteiger partial charge in [-0.2, -0.15) is 5.10 Å². The molecule has 0 fully saturated rings. The van der Waals surface area contributed by atoms with Gasteiger partial charge in [0.1, 0.15) is 5.52 Å². The number of aromatic nitrogens is 3. The quantitative estimate of drug-likeness (QED) is 0.653. The third kappa shape index (κ3) is 1.14. The van der Waals surface area contributed by atoms with E-state index in [0.29, 0.717) is 5.52 Å². The van der Waals surface area contributed by atoms with Gasteiger partial charge in [0.05, 0.1) is 6.20 Å². The highest BCUT2D eigenvalue weighted by Gasteiger charge is 2.04. The lowest BCUT2D eigenvalue weighted by atomic mass is 10.4. The van der Waals surface area contributed by atoms with Gasteiger partial charge in [-0.25, -0.2) is 4.52 Å². The van der Waals surface area contributed by atoms with Crippen molar-refractivity contribution in [3.05, 3.63) is 35.0 Å². The Morgan fingerprint density at radius 1 is 1.38 bits per heavy atom. The summed E-state index contributed by atoms with van der Waals surface area (Å²) in [6, 6.07) is 1.91. The van der Waals surface area contributed by atoms with Crippen LogP contribution in [0.2, 0.25) is 0 Å². The Bertz CT molecular complexity index is 481. The van der Waals surface area contributed by atoms with Crippen molar-refractivity contribution in [3.63, 3.8) is 0 Å². The first-order valence-corrected chi connectivity index (χ1v) is 4.24. The fourth-order valence-electron chi connectivity index (χ4n) is 1.34. The Morgan fingerprint density at radius 2 is 2.15 bits per heavy atom. The third-order valence-corrected chi connectivity index (χ3v) is 2.05. The summed E-state index contributed by atoms with van der Waals surface area (Å²) in [4.78, 5) is 11.7. The monoisotopic (exact) mass is 177 g/mol. The molecule has 13 heavy (non-hydrogen) atoms. The predicted molar refractivity (Wildman–Crippen MR) is 49.8 cm³/mol. The summed E-state index contributed by atoms with van der Waals surface area (Å²) >= 11 is 0. The molecule has 2 rings (SSSR count). The second-order valence-electron chi connectivity index (χ2n) is 3.27. The predicted octanol–water partition coefficient (Wildman–Crippen LogP) is 1.08. The van der Waals surface area contributed by atoms with Gasteiger partial charge in [-0.1, -0.05) is 0 Å². The lowest BCUT2D eigenvalue weighted by molar-refractivity contribution is 0.575. The molecule has 0 aromatic carbocycles. The molecule has 0 radical (unpaired) electrons. The van der Waals surface area contributed by atoms with E-state index < -0.39 is 0 Å². The molecule has 0 aliphatic carbocycles. The van der Waals surface area contributed by atoms with Crippen molar-refractivity contribution in [2.24, 2.45) is 0 Å². The highest BCUT2D eigenvalue weighted by atomic mass is 16.1. The minimum absolute atomic E-state index is 0.00926. The Balaban J connectivity index is 2.81. The Hall–Kier alpha value is -1.58. The van der Waals surface area contributed by atoms with Crippen LogP contribution in [0, 0.1) is 0 Å². The van der Waals surface area contributed by atoms with Crippen LogP contribution in [0.4, 0.5) is 0 Å². The maximum absolute atomic E-state index is 11.7. The number of hydrogen-bond acceptors (Lipinski definition) is 2. The molecule has 0 atom stereocenters. The zero-order valence-corrected chi connectivity index (χ0v) is 7.64. The summed E-state index contributed by atoms with van der Waals surface area (Å²) in [5.41, 5.74) is 0.631. The van der Waals surface area contributed by atoms with Crippen LogP contribution in [0.5, 0.6) is 0 Å². The van der Waals surface area contributed by atoms with E-state index in [0.717, 1.165) is 0 Å². The van der Waals surface area contributed by atoms with E-state index >= 15 is 0 Å². The Kier molecular flexibility index (Phi) is 1.69. The van der Waals surface area contributed by atoms with Crippen LogP contribution in [-0.4, -0.2) is 14.2 Å². The maximum Gasteiger partial charge on any atom is 0.276 e. The molecule has 0 aliphatic heterocycles. The Labute approximate surface area is 75.4 Å². The molecule has 0 unspecified atom stereocenters. The second-order valence-corrected chi connectivity index (χ2v) is 3.27. The maximum atomic E-state index is 11.7. The van der Waals surface area contributed by atoms with Crippen LogP contribution in [0.15, 0.2) is 29.5 Å². The SMILES string of the molecule is CC(C)n1ccn2nccc2c1=O. The van der Waals surface area contributed by atoms with Crippen LogP contribution < -0.4 is 5.56 Å². The van der Waals surface area contributed by atoms with Crippen LogP contribution in [-0.2, 0) is 0 Å². The smallest absolute Gasteiger partial charge is 0.276 e. The van der Waals surface area contributed by atoms with Crippen LogP contribution in [0.1, 0.15) is 19.9 Å². The van der Waals surface area contributed by atoms with Gasteiger partial charge in [0.25, 0.3) is 5.56 Å². The van der Waals surface area contributed by atoms with Crippen molar-refractivity contribution >= 4 is 5.52 Å². The summed E-state index contributed by atoms with van der Waals surface area (Å²) < 4.78 is 3.28. The number of fused-ring (bicyclic) bond motifs is 1. The normalized spacial score (nSPS) is 11.3. The molecule has 0 aliphatic rings. The highest BCUT2D eigenvalue weighted by Crippen LogP contribution is 2.01. The van der Waals surface area contributed by atoms with E-state index in [4.69, 9.17) is 0 Å². The largest absolute Gasteiger partial charge is 0.310 e. The highest BCUT2D eigenvalue weighted by molar-refractivity contribution is 5.42. The zero-order chi connectivity index (χ0) is 9.42. The summed E-state index contributed by atoms with van der Waals surface area (Å²) in [6.45, 7) is 3.96. The first-order valence-electron chi connectivity index (χ1n) is 4.24. The zero-order valence-electron chi connectivity index (χ0n) is 7.64. The molecule has 0 saturated carbocycles. The van der Waals surface area contributed by atoms with E-state index in [2.05, 4.69) is 5.10 Å². The van der Waals surface area contributed by atoms with Gasteiger partial charge in [0.2, 0.25) is 0 Å². The van der Waals surface area contributed by atoms with Gasteiger partial charge in [0, 0.05) is 18.4 Å². The molecule has 68 valence electrons. The molecule has 2 aromatic heterocycles. The molecule has 0 bridgehead atoms. The molecule has 2 heterocycles. The van der Waals surface area contributed by atoms with E-state index in [1.165, 1.54) is 0 Å². The molecule has 4 nitrogen and oxygen atoms in total. The minimum Gasteiger partial charge on any atom is -0.310 e. The fraction of sp³-hybridized carbons (Fsp3) is 0.333. The first-order chi connectivity index (χ1) is 6.20. The molecular weight excluding hydrogens is 166 g/mol. The van der Waals surface area contributed by atoms with Crippen molar-refractivity contribution in [1.82, 2.24) is 14.2 Å². The fourth-order valence-corrected chi connectivity index (χ4v) is 1.34. The average molecular weight is 177 g/mol. The summed E-state index contributed by atoms with van der Waals surface area (Å²) in [5, 5.41) is 3.98. The first kappa shape index (κ1) is 8.04. The van der Waals surface area contributed by atoms with Gasteiger partial charge in [-0.3, -0.25) is 4.79 Å². The lowest BCUT2D eigenvalue weighted by Gasteiger charge is -2.08. The molecule has 0 saturated heterocycles. The van der Waals surface area contributed by atoms with Crippen molar-refractivity contribution in [2.45, 2.75) is 19.9 Å². The minimum atomic E-state index is 0.00926. The van der Waals surface area contributed by atoms with Crippen LogP contribution in [0.3, 0.4) is 0 Å². The third-order valence-electron chi connectivity index (χ3n) is 2.05. The van der Waals surface area contributed by atoms with E-state index in [1.54, 1.807) is 33.7 Å². The summed E-state index contributed by atoms with van der Waals surface area (Å²) in [7, 11) is 0. The number of nitrogens with zero attached hydrogens (tertiary/aromatic N) is 3. The van der Waals surface area contributed by atoms with Crippen LogP contribution in [0.25, 0.3) is 5.52 Å². The van der Waals surface area contributed by atoms with Gasteiger partial charge < -0.3 is 4.57 Å². The molecule has 2 aromatic rings. The molecule has 0 N–H and O–H groups in total. The number of hydrogen-bond donors (Lipinski definition) is 0. The van der Waals surface area contributed by atoms with Crippen LogP contribution >= 0.6 is 0 Å². The van der Waals surface area contributed by atoms with Gasteiger partial charge in [-0.15, -0.1) is 0 Å². The molecule has 4 heteroatoms. The standard InChI is InChI=1S/C9H11N3O/c1-7(2)11-5-6-12-8(9(11)13)3-4-10-12/h3-7H,1-2H3. The van der Waals surface area contributed by atoms with E-state index in [1.807, 2.05) is 13.8 Å².